The molecular formula is C26H23FN4O5. The van der Waals surface area contributed by atoms with Gasteiger partial charge in [0.1, 0.15) is 35.5 Å². The number of amides is 4. The molecule has 10 heteroatoms. The third-order valence-corrected chi connectivity index (χ3v) is 6.45. The Balaban J connectivity index is 1.40. The number of ether oxygens (including phenoxy) is 1. The van der Waals surface area contributed by atoms with Gasteiger partial charge < -0.3 is 14.5 Å². The Morgan fingerprint density at radius 3 is 2.53 bits per heavy atom. The summed E-state index contributed by atoms with van der Waals surface area (Å²) in [5.74, 6) is -0.401. The number of hydrogen-bond donors (Lipinski definition) is 1. The van der Waals surface area contributed by atoms with Crippen molar-refractivity contribution < 1.29 is 27.9 Å². The molecule has 5 rings (SSSR count). The largest absolute Gasteiger partial charge is 0.497 e. The molecule has 0 aliphatic carbocycles. The first-order valence-electron chi connectivity index (χ1n) is 11.3. The summed E-state index contributed by atoms with van der Waals surface area (Å²) in [6, 6.07) is 14.8. The minimum Gasteiger partial charge on any atom is -0.497 e. The van der Waals surface area contributed by atoms with Crippen molar-refractivity contribution in [3.63, 3.8) is 0 Å². The second kappa shape index (κ2) is 8.95. The number of halogens is 1. The average molecular weight is 490 g/mol. The number of urea groups is 1. The van der Waals surface area contributed by atoms with Crippen molar-refractivity contribution in [2.75, 3.05) is 13.7 Å². The van der Waals surface area contributed by atoms with E-state index in [1.165, 1.54) is 42.5 Å². The van der Waals surface area contributed by atoms with Crippen molar-refractivity contribution in [2.45, 2.75) is 24.9 Å². The van der Waals surface area contributed by atoms with Crippen LogP contribution in [0.4, 0.5) is 9.18 Å². The van der Waals surface area contributed by atoms with Gasteiger partial charge in [0.2, 0.25) is 0 Å². The second-order valence-electron chi connectivity index (χ2n) is 8.70. The average Bonchev–Trinajstić information content (AvgIpc) is 3.61. The van der Waals surface area contributed by atoms with Crippen molar-refractivity contribution in [3.05, 3.63) is 89.6 Å². The Bertz CT molecular complexity index is 1340. The van der Waals surface area contributed by atoms with Crippen LogP contribution in [0.5, 0.6) is 5.75 Å². The molecule has 1 N–H and O–H groups in total. The molecule has 9 nitrogen and oxygen atoms in total. The van der Waals surface area contributed by atoms with Gasteiger partial charge in [0.05, 0.1) is 19.1 Å². The summed E-state index contributed by atoms with van der Waals surface area (Å²) in [5, 5.41) is 8.42. The summed E-state index contributed by atoms with van der Waals surface area (Å²) in [5.41, 5.74) is 0.447. The van der Waals surface area contributed by atoms with Gasteiger partial charge in [-0.1, -0.05) is 12.1 Å². The molecule has 0 bridgehead atoms. The monoisotopic (exact) mass is 490 g/mol. The predicted octanol–water partition coefficient (Wildman–Crippen LogP) is 3.57. The van der Waals surface area contributed by atoms with Gasteiger partial charge in [0.25, 0.3) is 11.8 Å². The van der Waals surface area contributed by atoms with Gasteiger partial charge in [-0.25, -0.2) is 14.2 Å². The number of nitrogens with zero attached hydrogens (tertiary/aromatic N) is 3. The Morgan fingerprint density at radius 2 is 1.89 bits per heavy atom. The fourth-order valence-electron chi connectivity index (χ4n) is 4.43. The van der Waals surface area contributed by atoms with E-state index in [1.54, 1.807) is 31.4 Å². The highest BCUT2D eigenvalue weighted by Crippen LogP contribution is 2.34. The van der Waals surface area contributed by atoms with Crippen molar-refractivity contribution >= 4 is 23.6 Å². The number of rotatable bonds is 6. The topological polar surface area (TPSA) is 104 Å². The number of methoxy groups -OCH3 is 1. The highest BCUT2D eigenvalue weighted by Gasteiger charge is 2.50. The van der Waals surface area contributed by atoms with Crippen LogP contribution >= 0.6 is 0 Å². The summed E-state index contributed by atoms with van der Waals surface area (Å²) in [6.45, 7) is 1.00. The quantitative estimate of drug-likeness (QED) is 0.532. The summed E-state index contributed by atoms with van der Waals surface area (Å²) < 4.78 is 24.1. The van der Waals surface area contributed by atoms with Crippen molar-refractivity contribution in [1.82, 2.24) is 15.2 Å². The number of furan rings is 1. The van der Waals surface area contributed by atoms with E-state index >= 15 is 0 Å². The maximum atomic E-state index is 13.4. The van der Waals surface area contributed by atoms with Crippen LogP contribution in [0.25, 0.3) is 0 Å². The van der Waals surface area contributed by atoms with Crippen molar-refractivity contribution in [3.8, 4) is 5.75 Å². The maximum absolute atomic E-state index is 13.4. The molecule has 3 heterocycles. The van der Waals surface area contributed by atoms with Crippen LogP contribution in [0.2, 0.25) is 0 Å². The third kappa shape index (κ3) is 4.00. The molecule has 2 aliphatic rings. The number of benzene rings is 2. The Hall–Kier alpha value is -4.47. The number of hydrazone groups is 1. The standard InChI is InChI=1S/C26H23FN4O5/c1-26(17-7-9-18(27)10-8-17)24(33)30(25(34)28-26)15-23(32)31-21(22-4-3-13-36-22)14-20(29-31)16-5-11-19(35-2)12-6-16/h3-13,21H,14-15H2,1-2H3,(H,28,34)/t21-,26+/m0/s1. The smallest absolute Gasteiger partial charge is 0.325 e. The minimum absolute atomic E-state index is 0.388. The van der Waals surface area contributed by atoms with Crippen LogP contribution in [0.1, 0.15) is 36.3 Å². The summed E-state index contributed by atoms with van der Waals surface area (Å²) in [6.07, 6.45) is 1.90. The Labute approximate surface area is 206 Å². The lowest BCUT2D eigenvalue weighted by atomic mass is 9.92. The number of hydrogen-bond acceptors (Lipinski definition) is 6. The van der Waals surface area contributed by atoms with Gasteiger partial charge in [-0.2, -0.15) is 5.10 Å². The molecule has 1 aromatic heterocycles. The molecule has 0 unspecified atom stereocenters. The molecule has 1 fully saturated rings. The highest BCUT2D eigenvalue weighted by atomic mass is 19.1. The SMILES string of the molecule is COc1ccc(C2=NN(C(=O)CN3C(=O)N[C@](C)(c4ccc(F)cc4)C3=O)[C@H](c3ccco3)C2)cc1. The lowest BCUT2D eigenvalue weighted by Gasteiger charge is -2.24. The molecule has 184 valence electrons. The molecular weight excluding hydrogens is 467 g/mol. The van der Waals surface area contributed by atoms with Gasteiger partial charge in [0.15, 0.2) is 0 Å². The van der Waals surface area contributed by atoms with Crippen molar-refractivity contribution in [2.24, 2.45) is 5.10 Å². The maximum Gasteiger partial charge on any atom is 0.325 e. The van der Waals surface area contributed by atoms with Gasteiger partial charge in [0, 0.05) is 6.42 Å². The van der Waals surface area contributed by atoms with Crippen molar-refractivity contribution in [1.29, 1.82) is 0 Å². The van der Waals surface area contributed by atoms with E-state index in [9.17, 15) is 18.8 Å². The lowest BCUT2D eigenvalue weighted by Crippen LogP contribution is -2.43. The summed E-state index contributed by atoms with van der Waals surface area (Å²) in [7, 11) is 1.58. The van der Waals surface area contributed by atoms with E-state index in [-0.39, 0.29) is 0 Å². The fourth-order valence-corrected chi connectivity index (χ4v) is 4.43. The molecule has 36 heavy (non-hydrogen) atoms. The number of imide groups is 1. The van der Waals surface area contributed by atoms with Gasteiger partial charge in [-0.3, -0.25) is 14.5 Å². The van der Waals surface area contributed by atoms with E-state index in [0.717, 1.165) is 10.5 Å². The van der Waals surface area contributed by atoms with Gasteiger partial charge in [-0.15, -0.1) is 0 Å². The first-order valence-corrected chi connectivity index (χ1v) is 11.3. The second-order valence-corrected chi connectivity index (χ2v) is 8.70. The van der Waals surface area contributed by atoms with Crippen LogP contribution in [0.15, 0.2) is 76.4 Å². The van der Waals surface area contributed by atoms with Gasteiger partial charge >= 0.3 is 6.03 Å². The van der Waals surface area contributed by atoms with E-state index < -0.39 is 41.8 Å². The van der Waals surface area contributed by atoms with E-state index in [1.807, 2.05) is 12.1 Å². The van der Waals surface area contributed by atoms with Crippen LogP contribution in [-0.2, 0) is 15.1 Å². The molecule has 1 saturated heterocycles. The highest BCUT2D eigenvalue weighted by molar-refractivity contribution is 6.09. The first-order chi connectivity index (χ1) is 17.3. The van der Waals surface area contributed by atoms with Crippen LogP contribution in [0.3, 0.4) is 0 Å². The number of nitrogens with one attached hydrogen (secondary N) is 1. The minimum atomic E-state index is -1.42. The number of carbonyl (C=O) groups excluding carboxylic acids is 3. The molecule has 0 saturated carbocycles. The Morgan fingerprint density at radius 1 is 1.17 bits per heavy atom. The van der Waals surface area contributed by atoms with E-state index in [0.29, 0.717) is 29.2 Å². The van der Waals surface area contributed by atoms with Crippen LogP contribution < -0.4 is 10.1 Å². The predicted molar refractivity (Wildman–Crippen MR) is 126 cm³/mol. The zero-order chi connectivity index (χ0) is 25.4. The fraction of sp³-hybridized carbons (Fsp3) is 0.231. The lowest BCUT2D eigenvalue weighted by molar-refractivity contribution is -0.140. The molecule has 3 aromatic rings. The molecule has 0 radical (unpaired) electrons. The first kappa shape index (κ1) is 23.3. The van der Waals surface area contributed by atoms with Gasteiger partial charge in [-0.05, 0) is 66.6 Å². The third-order valence-electron chi connectivity index (χ3n) is 6.45. The molecule has 2 aromatic carbocycles. The summed E-state index contributed by atoms with van der Waals surface area (Å²) >= 11 is 0. The molecule has 4 amide bonds. The Kier molecular flexibility index (Phi) is 5.79. The summed E-state index contributed by atoms with van der Waals surface area (Å²) in [4.78, 5) is 40.2. The molecule has 2 aliphatic heterocycles. The van der Waals surface area contributed by atoms with E-state index in [4.69, 9.17) is 9.15 Å². The molecule has 2 atom stereocenters. The molecule has 0 spiro atoms. The zero-order valence-corrected chi connectivity index (χ0v) is 19.6. The normalized spacial score (nSPS) is 21.5. The van der Waals surface area contributed by atoms with Crippen LogP contribution in [-0.4, -0.2) is 47.1 Å². The van der Waals surface area contributed by atoms with Crippen LogP contribution in [0, 0.1) is 5.82 Å². The van der Waals surface area contributed by atoms with E-state index in [2.05, 4.69) is 10.4 Å². The number of carbonyl (C=O) groups is 3. The zero-order valence-electron chi connectivity index (χ0n) is 19.6.